The van der Waals surface area contributed by atoms with Crippen LogP contribution in [-0.4, -0.2) is 54.5 Å². The van der Waals surface area contributed by atoms with E-state index in [4.69, 9.17) is 4.42 Å². The van der Waals surface area contributed by atoms with Gasteiger partial charge in [0.1, 0.15) is 5.76 Å². The Hall–Kier alpha value is -2.07. The fourth-order valence-electron chi connectivity index (χ4n) is 2.62. The van der Waals surface area contributed by atoms with Crippen molar-refractivity contribution >= 4 is 44.7 Å². The molecule has 1 unspecified atom stereocenters. The van der Waals surface area contributed by atoms with E-state index in [0.29, 0.717) is 12.2 Å². The minimum absolute atomic E-state index is 0.0501. The molecular formula is C15H16N2O6S2. The minimum atomic E-state index is -3.07. The zero-order valence-corrected chi connectivity index (χ0v) is 14.8. The van der Waals surface area contributed by atoms with Crippen molar-refractivity contribution < 1.29 is 27.2 Å². The summed E-state index contributed by atoms with van der Waals surface area (Å²) in [7, 11) is -3.07. The van der Waals surface area contributed by atoms with Gasteiger partial charge in [0.15, 0.2) is 9.84 Å². The van der Waals surface area contributed by atoms with Crippen molar-refractivity contribution in [3.8, 4) is 0 Å². The molecule has 10 heteroatoms. The summed E-state index contributed by atoms with van der Waals surface area (Å²) in [5.74, 6) is -0.380. The number of nitrogens with zero attached hydrogens (tertiary/aromatic N) is 1. The fraction of sp³-hybridized carbons (Fsp3) is 0.400. The summed E-state index contributed by atoms with van der Waals surface area (Å²) in [6.07, 6.45) is 3.27. The molecule has 0 spiro atoms. The summed E-state index contributed by atoms with van der Waals surface area (Å²) in [5.41, 5.74) is 0. The molecule has 0 bridgehead atoms. The van der Waals surface area contributed by atoms with Gasteiger partial charge in [-0.15, -0.1) is 0 Å². The Bertz CT molecular complexity index is 828. The van der Waals surface area contributed by atoms with Gasteiger partial charge in [-0.25, -0.2) is 8.42 Å². The lowest BCUT2D eigenvalue weighted by Crippen LogP contribution is -2.38. The molecule has 0 radical (unpaired) electrons. The van der Waals surface area contributed by atoms with Crippen molar-refractivity contribution in [3.05, 3.63) is 29.1 Å². The molecular weight excluding hydrogens is 368 g/mol. The molecule has 1 aromatic heterocycles. The quantitative estimate of drug-likeness (QED) is 0.754. The molecule has 134 valence electrons. The number of imide groups is 1. The summed E-state index contributed by atoms with van der Waals surface area (Å²) in [5, 5.41) is 2.19. The number of amides is 3. The Labute approximate surface area is 148 Å². The van der Waals surface area contributed by atoms with Gasteiger partial charge in [0.2, 0.25) is 5.91 Å². The number of rotatable bonds is 5. The van der Waals surface area contributed by atoms with Crippen molar-refractivity contribution in [3.63, 3.8) is 0 Å². The number of nitrogens with one attached hydrogen (secondary N) is 1. The van der Waals surface area contributed by atoms with Crippen LogP contribution in [0.15, 0.2) is 27.7 Å². The molecule has 0 saturated carbocycles. The molecule has 3 heterocycles. The van der Waals surface area contributed by atoms with Crippen LogP contribution in [0.25, 0.3) is 6.08 Å². The number of thioether (sulfide) groups is 1. The highest BCUT2D eigenvalue weighted by atomic mass is 32.2. The first-order valence-corrected chi connectivity index (χ1v) is 10.3. The first-order chi connectivity index (χ1) is 11.8. The lowest BCUT2D eigenvalue weighted by molar-refractivity contribution is -0.124. The van der Waals surface area contributed by atoms with Gasteiger partial charge in [-0.1, -0.05) is 0 Å². The van der Waals surface area contributed by atoms with Gasteiger partial charge >= 0.3 is 0 Å². The largest absolute Gasteiger partial charge is 0.465 e. The zero-order valence-electron chi connectivity index (χ0n) is 13.1. The summed E-state index contributed by atoms with van der Waals surface area (Å²) in [6, 6.07) is 2.94. The van der Waals surface area contributed by atoms with Crippen LogP contribution >= 0.6 is 11.8 Å². The normalized spacial score (nSPS) is 24.2. The van der Waals surface area contributed by atoms with Crippen LogP contribution in [0, 0.1) is 0 Å². The Morgan fingerprint density at radius 3 is 2.88 bits per heavy atom. The van der Waals surface area contributed by atoms with Crippen LogP contribution in [0.2, 0.25) is 0 Å². The van der Waals surface area contributed by atoms with Crippen LogP contribution in [0.3, 0.4) is 0 Å². The maximum Gasteiger partial charge on any atom is 0.293 e. The van der Waals surface area contributed by atoms with Crippen molar-refractivity contribution in [1.82, 2.24) is 10.2 Å². The van der Waals surface area contributed by atoms with Crippen molar-refractivity contribution in [2.45, 2.75) is 18.9 Å². The molecule has 8 nitrogen and oxygen atoms in total. The first kappa shape index (κ1) is 17.7. The van der Waals surface area contributed by atoms with Crippen LogP contribution in [-0.2, 0) is 19.4 Å². The minimum Gasteiger partial charge on any atom is -0.465 e. The highest BCUT2D eigenvalue weighted by Gasteiger charge is 2.35. The lowest BCUT2D eigenvalue weighted by atomic mass is 10.2. The van der Waals surface area contributed by atoms with E-state index in [9.17, 15) is 22.8 Å². The zero-order chi connectivity index (χ0) is 18.0. The molecule has 3 amide bonds. The maximum absolute atomic E-state index is 12.2. The highest BCUT2D eigenvalue weighted by Crippen LogP contribution is 2.32. The average Bonchev–Trinajstić information content (AvgIpc) is 3.21. The van der Waals surface area contributed by atoms with E-state index in [0.717, 1.165) is 16.7 Å². The highest BCUT2D eigenvalue weighted by molar-refractivity contribution is 8.18. The summed E-state index contributed by atoms with van der Waals surface area (Å²) in [6.45, 7) is -0.0501. The number of furan rings is 1. The molecule has 2 aliphatic rings. The van der Waals surface area contributed by atoms with Gasteiger partial charge in [0.25, 0.3) is 11.1 Å². The van der Waals surface area contributed by atoms with E-state index in [1.54, 1.807) is 12.1 Å². The predicted molar refractivity (Wildman–Crippen MR) is 91.2 cm³/mol. The lowest BCUT2D eigenvalue weighted by Gasteiger charge is -2.14. The van der Waals surface area contributed by atoms with Crippen molar-refractivity contribution in [2.24, 2.45) is 0 Å². The van der Waals surface area contributed by atoms with Crippen molar-refractivity contribution in [2.75, 3.05) is 18.1 Å². The van der Waals surface area contributed by atoms with Crippen LogP contribution < -0.4 is 5.32 Å². The average molecular weight is 384 g/mol. The predicted octanol–water partition coefficient (Wildman–Crippen LogP) is 1.01. The van der Waals surface area contributed by atoms with E-state index in [2.05, 4.69) is 5.32 Å². The fourth-order valence-corrected chi connectivity index (χ4v) is 5.14. The van der Waals surface area contributed by atoms with E-state index < -0.39 is 27.0 Å². The first-order valence-electron chi connectivity index (χ1n) is 7.63. The summed E-state index contributed by atoms with van der Waals surface area (Å²) in [4.78, 5) is 37.4. The number of sulfone groups is 1. The topological polar surface area (TPSA) is 114 Å². The Kier molecular flexibility index (Phi) is 5.00. The number of carbonyl (C=O) groups is 3. The third-order valence-corrected chi connectivity index (χ3v) is 6.53. The van der Waals surface area contributed by atoms with Gasteiger partial charge in [-0.05, 0) is 30.3 Å². The second-order valence-electron chi connectivity index (χ2n) is 5.77. The summed E-state index contributed by atoms with van der Waals surface area (Å²) >= 11 is 0.792. The molecule has 3 rings (SSSR count). The van der Waals surface area contributed by atoms with Crippen molar-refractivity contribution in [1.29, 1.82) is 0 Å². The maximum atomic E-state index is 12.2. The Morgan fingerprint density at radius 1 is 1.44 bits per heavy atom. The Balaban J connectivity index is 1.53. The number of hydrogen-bond donors (Lipinski definition) is 1. The third kappa shape index (κ3) is 4.31. The standard InChI is InChI=1S/C15H16N2O6S2/c18-13(16-10-4-7-25(21,22)9-10)3-5-17-14(19)12(24-15(17)20)8-11-2-1-6-23-11/h1-2,6,8,10H,3-5,7,9H2,(H,16,18)/b12-8-. The molecule has 1 N–H and O–H groups in total. The van der Waals surface area contributed by atoms with Gasteiger partial charge in [0.05, 0.1) is 22.7 Å². The molecule has 1 aromatic rings. The molecule has 2 aliphatic heterocycles. The van der Waals surface area contributed by atoms with Gasteiger partial charge < -0.3 is 9.73 Å². The molecule has 0 aromatic carbocycles. The van der Waals surface area contributed by atoms with Crippen LogP contribution in [0.1, 0.15) is 18.6 Å². The smallest absolute Gasteiger partial charge is 0.293 e. The SMILES string of the molecule is O=C(CCN1C(=O)S/C(=C\c2ccco2)C1=O)NC1CCS(=O)(=O)C1. The van der Waals surface area contributed by atoms with E-state index in [1.165, 1.54) is 12.3 Å². The van der Waals surface area contributed by atoms with E-state index in [-0.39, 0.29) is 35.3 Å². The van der Waals surface area contributed by atoms with Gasteiger partial charge in [-0.2, -0.15) is 0 Å². The number of carbonyl (C=O) groups excluding carboxylic acids is 3. The molecule has 0 aliphatic carbocycles. The van der Waals surface area contributed by atoms with Gasteiger partial charge in [0, 0.05) is 25.1 Å². The third-order valence-electron chi connectivity index (χ3n) is 3.85. The van der Waals surface area contributed by atoms with E-state index in [1.807, 2.05) is 0 Å². The van der Waals surface area contributed by atoms with Crippen LogP contribution in [0.5, 0.6) is 0 Å². The molecule has 2 saturated heterocycles. The molecule has 1 atom stereocenters. The monoisotopic (exact) mass is 384 g/mol. The summed E-state index contributed by atoms with van der Waals surface area (Å²) < 4.78 is 27.9. The second kappa shape index (κ2) is 7.04. The van der Waals surface area contributed by atoms with Crippen LogP contribution in [0.4, 0.5) is 4.79 Å². The molecule has 25 heavy (non-hydrogen) atoms. The second-order valence-corrected chi connectivity index (χ2v) is 8.99. The Morgan fingerprint density at radius 2 is 2.24 bits per heavy atom. The molecule has 2 fully saturated rings. The van der Waals surface area contributed by atoms with Gasteiger partial charge in [-0.3, -0.25) is 19.3 Å². The van der Waals surface area contributed by atoms with E-state index >= 15 is 0 Å². The number of hydrogen-bond acceptors (Lipinski definition) is 7.